The van der Waals surface area contributed by atoms with Crippen LogP contribution in [-0.2, 0) is 14.3 Å². The van der Waals surface area contributed by atoms with E-state index in [1.54, 1.807) is 62.4 Å². The zero-order chi connectivity index (χ0) is 22.1. The lowest BCUT2D eigenvalue weighted by Crippen LogP contribution is -2.27. The number of hydrogen-bond acceptors (Lipinski definition) is 6. The molecule has 7 heteroatoms. The summed E-state index contributed by atoms with van der Waals surface area (Å²) in [5.41, 5.74) is 0.969. The summed E-state index contributed by atoms with van der Waals surface area (Å²) in [6.07, 6.45) is -0.973. The first kappa shape index (κ1) is 22.9. The molecule has 0 saturated heterocycles. The summed E-state index contributed by atoms with van der Waals surface area (Å²) in [6.45, 7) is 7.06. The highest BCUT2D eigenvalue weighted by Gasteiger charge is 2.20. The Morgan fingerprint density at radius 3 is 2.07 bits per heavy atom. The first-order chi connectivity index (χ1) is 14.3. The SMILES string of the molecule is CCOc1ccccc1OCC(=O)OC(C)C(=O)c1ccc(NC(=O)C(C)C)cc1. The number of Topliss-reactive ketones (excluding diaryl/α,β-unsaturated/α-hetero) is 1. The number of esters is 1. The topological polar surface area (TPSA) is 90.9 Å². The number of nitrogens with one attached hydrogen (secondary N) is 1. The van der Waals surface area contributed by atoms with Crippen molar-refractivity contribution in [2.75, 3.05) is 18.5 Å². The summed E-state index contributed by atoms with van der Waals surface area (Å²) >= 11 is 0. The number of para-hydroxylation sites is 2. The monoisotopic (exact) mass is 413 g/mol. The third kappa shape index (κ3) is 6.62. The number of benzene rings is 2. The molecule has 0 aliphatic rings. The van der Waals surface area contributed by atoms with E-state index in [4.69, 9.17) is 14.2 Å². The Kier molecular flexibility index (Phi) is 8.41. The Balaban J connectivity index is 1.89. The largest absolute Gasteiger partial charge is 0.490 e. The average molecular weight is 413 g/mol. The van der Waals surface area contributed by atoms with Crippen LogP contribution in [0.2, 0.25) is 0 Å². The molecule has 0 fully saturated rings. The molecular weight excluding hydrogens is 386 g/mol. The normalized spacial score (nSPS) is 11.5. The summed E-state index contributed by atoms with van der Waals surface area (Å²) in [5, 5.41) is 2.75. The maximum atomic E-state index is 12.5. The fourth-order valence-electron chi connectivity index (χ4n) is 2.50. The summed E-state index contributed by atoms with van der Waals surface area (Å²) in [6, 6.07) is 13.4. The molecule has 0 aromatic heterocycles. The number of hydrogen-bond donors (Lipinski definition) is 1. The minimum absolute atomic E-state index is 0.109. The summed E-state index contributed by atoms with van der Waals surface area (Å²) < 4.78 is 16.1. The number of rotatable bonds is 10. The van der Waals surface area contributed by atoms with Gasteiger partial charge in [0.15, 0.2) is 24.2 Å². The molecule has 0 heterocycles. The van der Waals surface area contributed by atoms with Crippen molar-refractivity contribution in [2.45, 2.75) is 33.8 Å². The summed E-state index contributed by atoms with van der Waals surface area (Å²) in [5.74, 6) is -0.311. The molecule has 0 bridgehead atoms. The molecule has 0 aliphatic carbocycles. The number of amides is 1. The van der Waals surface area contributed by atoms with Gasteiger partial charge in [-0.15, -0.1) is 0 Å². The molecular formula is C23H27NO6. The van der Waals surface area contributed by atoms with Gasteiger partial charge in [0.2, 0.25) is 11.7 Å². The van der Waals surface area contributed by atoms with Crippen LogP contribution in [0.5, 0.6) is 11.5 Å². The Morgan fingerprint density at radius 2 is 1.50 bits per heavy atom. The quantitative estimate of drug-likeness (QED) is 0.470. The molecule has 1 N–H and O–H groups in total. The van der Waals surface area contributed by atoms with Gasteiger partial charge < -0.3 is 19.5 Å². The summed E-state index contributed by atoms with van der Waals surface area (Å²) in [7, 11) is 0. The second-order valence-corrected chi connectivity index (χ2v) is 6.89. The molecule has 0 aliphatic heterocycles. The third-order valence-corrected chi connectivity index (χ3v) is 4.13. The van der Waals surface area contributed by atoms with Gasteiger partial charge in [0, 0.05) is 17.2 Å². The van der Waals surface area contributed by atoms with Gasteiger partial charge in [0.25, 0.3) is 0 Å². The van der Waals surface area contributed by atoms with E-state index in [0.29, 0.717) is 29.4 Å². The van der Waals surface area contributed by atoms with Crippen LogP contribution in [0.25, 0.3) is 0 Å². The van der Waals surface area contributed by atoms with Crippen LogP contribution in [0.3, 0.4) is 0 Å². The first-order valence-electron chi connectivity index (χ1n) is 9.81. The molecule has 2 aromatic rings. The van der Waals surface area contributed by atoms with Gasteiger partial charge in [0.05, 0.1) is 6.61 Å². The number of ether oxygens (including phenoxy) is 3. The van der Waals surface area contributed by atoms with Gasteiger partial charge in [-0.2, -0.15) is 0 Å². The van der Waals surface area contributed by atoms with Crippen LogP contribution in [0.4, 0.5) is 5.69 Å². The second-order valence-electron chi connectivity index (χ2n) is 6.89. The molecule has 7 nitrogen and oxygen atoms in total. The van der Waals surface area contributed by atoms with E-state index in [-0.39, 0.29) is 24.2 Å². The Labute approximate surface area is 176 Å². The van der Waals surface area contributed by atoms with E-state index in [9.17, 15) is 14.4 Å². The Morgan fingerprint density at radius 1 is 0.900 bits per heavy atom. The number of carbonyl (C=O) groups is 3. The van der Waals surface area contributed by atoms with E-state index < -0.39 is 12.1 Å². The zero-order valence-electron chi connectivity index (χ0n) is 17.6. The van der Waals surface area contributed by atoms with Crippen molar-refractivity contribution < 1.29 is 28.6 Å². The van der Waals surface area contributed by atoms with Crippen LogP contribution in [0, 0.1) is 5.92 Å². The zero-order valence-corrected chi connectivity index (χ0v) is 17.6. The van der Waals surface area contributed by atoms with Crippen molar-refractivity contribution in [3.8, 4) is 11.5 Å². The van der Waals surface area contributed by atoms with Gasteiger partial charge in [-0.05, 0) is 50.2 Å². The van der Waals surface area contributed by atoms with Crippen molar-refractivity contribution in [1.29, 1.82) is 0 Å². The van der Waals surface area contributed by atoms with Crippen LogP contribution < -0.4 is 14.8 Å². The molecule has 1 amide bonds. The van der Waals surface area contributed by atoms with E-state index in [0.717, 1.165) is 0 Å². The molecule has 2 rings (SSSR count). The maximum absolute atomic E-state index is 12.5. The van der Waals surface area contributed by atoms with Crippen LogP contribution >= 0.6 is 0 Å². The molecule has 0 spiro atoms. The van der Waals surface area contributed by atoms with Crippen LogP contribution in [0.15, 0.2) is 48.5 Å². The van der Waals surface area contributed by atoms with Crippen molar-refractivity contribution in [1.82, 2.24) is 0 Å². The van der Waals surface area contributed by atoms with Crippen molar-refractivity contribution in [3.63, 3.8) is 0 Å². The highest BCUT2D eigenvalue weighted by molar-refractivity contribution is 6.01. The highest BCUT2D eigenvalue weighted by atomic mass is 16.6. The molecule has 1 atom stereocenters. The molecule has 1 unspecified atom stereocenters. The molecule has 0 radical (unpaired) electrons. The fraction of sp³-hybridized carbons (Fsp3) is 0.348. The average Bonchev–Trinajstić information content (AvgIpc) is 2.73. The van der Waals surface area contributed by atoms with Crippen molar-refractivity contribution in [2.24, 2.45) is 5.92 Å². The van der Waals surface area contributed by atoms with Crippen LogP contribution in [-0.4, -0.2) is 37.0 Å². The van der Waals surface area contributed by atoms with Gasteiger partial charge in [0.1, 0.15) is 0 Å². The number of ketones is 1. The molecule has 160 valence electrons. The molecule has 2 aromatic carbocycles. The van der Waals surface area contributed by atoms with E-state index in [1.807, 2.05) is 6.92 Å². The predicted octanol–water partition coefficient (Wildman–Crippen LogP) is 3.87. The third-order valence-electron chi connectivity index (χ3n) is 4.13. The summed E-state index contributed by atoms with van der Waals surface area (Å²) in [4.78, 5) is 36.3. The number of carbonyl (C=O) groups excluding carboxylic acids is 3. The molecule has 30 heavy (non-hydrogen) atoms. The van der Waals surface area contributed by atoms with E-state index in [1.165, 1.54) is 6.92 Å². The highest BCUT2D eigenvalue weighted by Crippen LogP contribution is 2.26. The lowest BCUT2D eigenvalue weighted by Gasteiger charge is -2.14. The van der Waals surface area contributed by atoms with Gasteiger partial charge in [-0.3, -0.25) is 9.59 Å². The van der Waals surface area contributed by atoms with Gasteiger partial charge in [-0.1, -0.05) is 26.0 Å². The Hall–Kier alpha value is -3.35. The fourth-order valence-corrected chi connectivity index (χ4v) is 2.50. The molecule has 0 saturated carbocycles. The standard InChI is InChI=1S/C23H27NO6/c1-5-28-19-8-6-7-9-20(19)29-14-21(25)30-16(4)22(26)17-10-12-18(13-11-17)24-23(27)15(2)3/h6-13,15-16H,5,14H2,1-4H3,(H,24,27). The van der Waals surface area contributed by atoms with Gasteiger partial charge >= 0.3 is 5.97 Å². The minimum Gasteiger partial charge on any atom is -0.490 e. The lowest BCUT2D eigenvalue weighted by molar-refractivity contribution is -0.148. The second kappa shape index (κ2) is 11.0. The van der Waals surface area contributed by atoms with Crippen molar-refractivity contribution >= 4 is 23.3 Å². The smallest absolute Gasteiger partial charge is 0.344 e. The lowest BCUT2D eigenvalue weighted by atomic mass is 10.1. The van der Waals surface area contributed by atoms with Crippen molar-refractivity contribution in [3.05, 3.63) is 54.1 Å². The Bertz CT molecular complexity index is 876. The van der Waals surface area contributed by atoms with E-state index >= 15 is 0 Å². The van der Waals surface area contributed by atoms with Crippen LogP contribution in [0.1, 0.15) is 38.1 Å². The maximum Gasteiger partial charge on any atom is 0.344 e. The first-order valence-corrected chi connectivity index (χ1v) is 9.81. The van der Waals surface area contributed by atoms with E-state index in [2.05, 4.69) is 5.32 Å². The predicted molar refractivity (Wildman–Crippen MR) is 113 cm³/mol. The minimum atomic E-state index is -0.973. The number of anilines is 1. The van der Waals surface area contributed by atoms with Gasteiger partial charge in [-0.25, -0.2) is 4.79 Å².